The molecule has 0 heterocycles. The minimum Gasteiger partial charge on any atom is -0.495 e. The van der Waals surface area contributed by atoms with Crippen molar-refractivity contribution in [1.82, 2.24) is 0 Å². The molecule has 2 N–H and O–H groups in total. The van der Waals surface area contributed by atoms with Crippen LogP contribution in [0.15, 0.2) is 35.2 Å². The number of anilines is 2. The molecule has 0 spiro atoms. The number of nitro groups is 1. The van der Waals surface area contributed by atoms with Crippen molar-refractivity contribution in [3.63, 3.8) is 0 Å². The first-order chi connectivity index (χ1) is 12.5. The molecule has 2 rings (SSSR count). The number of amides is 1. The minimum atomic E-state index is -4.10. The first kappa shape index (κ1) is 20.2. The van der Waals surface area contributed by atoms with E-state index >= 15 is 0 Å². The number of carbonyl (C=O) groups is 1. The summed E-state index contributed by atoms with van der Waals surface area (Å²) < 4.78 is 33.1. The maximum absolute atomic E-state index is 12.8. The Morgan fingerprint density at radius 3 is 2.41 bits per heavy atom. The molecule has 0 saturated carbocycles. The fraction of sp³-hybridized carbons (Fsp3) is 0.235. The van der Waals surface area contributed by atoms with E-state index in [0.717, 1.165) is 6.07 Å². The summed E-state index contributed by atoms with van der Waals surface area (Å²) in [7, 11) is -2.68. The molecule has 0 aromatic heterocycles. The number of sulfonamides is 1. The highest BCUT2D eigenvalue weighted by Crippen LogP contribution is 2.31. The average Bonchev–Trinajstić information content (AvgIpc) is 2.56. The number of carbonyl (C=O) groups excluding carboxylic acids is 1. The molecule has 0 unspecified atom stereocenters. The van der Waals surface area contributed by atoms with Gasteiger partial charge in [-0.3, -0.25) is 19.6 Å². The van der Waals surface area contributed by atoms with Gasteiger partial charge in [0.2, 0.25) is 5.91 Å². The smallest absolute Gasteiger partial charge is 0.271 e. The summed E-state index contributed by atoms with van der Waals surface area (Å²) in [6.07, 6.45) is 0. The lowest BCUT2D eigenvalue weighted by molar-refractivity contribution is -0.385. The molecule has 0 saturated heterocycles. The topological polar surface area (TPSA) is 128 Å². The lowest BCUT2D eigenvalue weighted by Gasteiger charge is -2.14. The highest BCUT2D eigenvalue weighted by Gasteiger charge is 2.23. The Bertz CT molecular complexity index is 1020. The SMILES string of the molecule is COc1ccc(NS(=O)(=O)c2cc([N+](=O)[O-])cc(C)c2C)cc1NC(C)=O. The fourth-order valence-electron chi connectivity index (χ4n) is 2.46. The Morgan fingerprint density at radius 1 is 1.19 bits per heavy atom. The van der Waals surface area contributed by atoms with Gasteiger partial charge in [-0.05, 0) is 43.2 Å². The van der Waals surface area contributed by atoms with Gasteiger partial charge in [0.05, 0.1) is 28.3 Å². The Balaban J connectivity index is 2.48. The standard InChI is InChI=1S/C17H19N3O6S/c1-10-7-14(20(22)23)9-17(11(10)2)27(24,25)19-13-5-6-16(26-4)15(8-13)18-12(3)21/h5-9,19H,1-4H3,(H,18,21). The van der Waals surface area contributed by atoms with Gasteiger partial charge in [-0.15, -0.1) is 0 Å². The number of aryl methyl sites for hydroxylation is 1. The number of nitro benzene ring substituents is 1. The van der Waals surface area contributed by atoms with E-state index < -0.39 is 14.9 Å². The number of ether oxygens (including phenoxy) is 1. The molecule has 0 bridgehead atoms. The van der Waals surface area contributed by atoms with E-state index in [-0.39, 0.29) is 27.9 Å². The zero-order valence-electron chi connectivity index (χ0n) is 15.2. The predicted molar refractivity (Wildman–Crippen MR) is 101 cm³/mol. The van der Waals surface area contributed by atoms with Crippen LogP contribution >= 0.6 is 0 Å². The number of hydrogen-bond acceptors (Lipinski definition) is 6. The second-order valence-electron chi connectivity index (χ2n) is 5.84. The van der Waals surface area contributed by atoms with E-state index in [0.29, 0.717) is 16.9 Å². The fourth-order valence-corrected chi connectivity index (χ4v) is 3.85. The van der Waals surface area contributed by atoms with Gasteiger partial charge in [-0.25, -0.2) is 8.42 Å². The second kappa shape index (κ2) is 7.62. The van der Waals surface area contributed by atoms with Crippen LogP contribution in [0.3, 0.4) is 0 Å². The first-order valence-corrected chi connectivity index (χ1v) is 9.27. The summed E-state index contributed by atoms with van der Waals surface area (Å²) in [4.78, 5) is 21.5. The highest BCUT2D eigenvalue weighted by molar-refractivity contribution is 7.92. The summed E-state index contributed by atoms with van der Waals surface area (Å²) in [5.74, 6) is 0.00832. The molecule has 10 heteroatoms. The molecular weight excluding hydrogens is 374 g/mol. The molecule has 2 aromatic carbocycles. The molecule has 9 nitrogen and oxygen atoms in total. The van der Waals surface area contributed by atoms with Crippen molar-refractivity contribution < 1.29 is 22.9 Å². The van der Waals surface area contributed by atoms with E-state index in [1.807, 2.05) is 0 Å². The van der Waals surface area contributed by atoms with E-state index in [2.05, 4.69) is 10.0 Å². The summed E-state index contributed by atoms with van der Waals surface area (Å²) in [5, 5.41) is 13.6. The average molecular weight is 393 g/mol. The van der Waals surface area contributed by atoms with E-state index in [1.165, 1.54) is 38.3 Å². The van der Waals surface area contributed by atoms with Crippen LogP contribution in [0, 0.1) is 24.0 Å². The number of benzene rings is 2. The predicted octanol–water partition coefficient (Wildman–Crippen LogP) is 2.98. The quantitative estimate of drug-likeness (QED) is 0.574. The van der Waals surface area contributed by atoms with E-state index in [1.54, 1.807) is 13.8 Å². The zero-order chi connectivity index (χ0) is 20.4. The molecule has 144 valence electrons. The van der Waals surface area contributed by atoms with Crippen LogP contribution in [-0.2, 0) is 14.8 Å². The van der Waals surface area contributed by atoms with Crippen molar-refractivity contribution in [2.45, 2.75) is 25.7 Å². The van der Waals surface area contributed by atoms with Crippen LogP contribution in [0.4, 0.5) is 17.1 Å². The lowest BCUT2D eigenvalue weighted by Crippen LogP contribution is -2.16. The van der Waals surface area contributed by atoms with Gasteiger partial charge in [0, 0.05) is 19.1 Å². The van der Waals surface area contributed by atoms with Crippen molar-refractivity contribution in [1.29, 1.82) is 0 Å². The van der Waals surface area contributed by atoms with Gasteiger partial charge in [-0.1, -0.05) is 0 Å². The number of non-ortho nitro benzene ring substituents is 1. The van der Waals surface area contributed by atoms with Gasteiger partial charge in [-0.2, -0.15) is 0 Å². The molecule has 0 aliphatic carbocycles. The normalized spacial score (nSPS) is 11.0. The summed E-state index contributed by atoms with van der Waals surface area (Å²) >= 11 is 0. The van der Waals surface area contributed by atoms with Crippen molar-refractivity contribution >= 4 is 33.0 Å². The molecular formula is C17H19N3O6S. The molecule has 0 radical (unpaired) electrons. The first-order valence-electron chi connectivity index (χ1n) is 7.79. The number of methoxy groups -OCH3 is 1. The lowest BCUT2D eigenvalue weighted by atomic mass is 10.1. The van der Waals surface area contributed by atoms with Crippen LogP contribution in [0.1, 0.15) is 18.1 Å². The molecule has 0 aliphatic rings. The maximum atomic E-state index is 12.8. The van der Waals surface area contributed by atoms with Crippen LogP contribution in [0.25, 0.3) is 0 Å². The van der Waals surface area contributed by atoms with E-state index in [4.69, 9.17) is 4.74 Å². The highest BCUT2D eigenvalue weighted by atomic mass is 32.2. The van der Waals surface area contributed by atoms with Crippen LogP contribution in [0.2, 0.25) is 0 Å². The van der Waals surface area contributed by atoms with E-state index in [9.17, 15) is 23.3 Å². The summed E-state index contributed by atoms with van der Waals surface area (Å²) in [5.41, 5.74) is 1.04. The molecule has 0 fully saturated rings. The number of nitrogens with zero attached hydrogens (tertiary/aromatic N) is 1. The van der Waals surface area contributed by atoms with Gasteiger partial charge in [0.1, 0.15) is 5.75 Å². The Hall–Kier alpha value is -3.14. The van der Waals surface area contributed by atoms with Gasteiger partial charge < -0.3 is 10.1 Å². The number of rotatable bonds is 6. The molecule has 27 heavy (non-hydrogen) atoms. The molecule has 0 atom stereocenters. The monoisotopic (exact) mass is 393 g/mol. The number of hydrogen-bond donors (Lipinski definition) is 2. The summed E-state index contributed by atoms with van der Waals surface area (Å²) in [6, 6.07) is 6.69. The molecule has 0 aliphatic heterocycles. The summed E-state index contributed by atoms with van der Waals surface area (Å²) in [6.45, 7) is 4.49. The third-order valence-electron chi connectivity index (χ3n) is 3.87. The molecule has 2 aromatic rings. The Kier molecular flexibility index (Phi) is 5.69. The Morgan fingerprint density at radius 2 is 1.85 bits per heavy atom. The largest absolute Gasteiger partial charge is 0.495 e. The zero-order valence-corrected chi connectivity index (χ0v) is 16.0. The minimum absolute atomic E-state index is 0.170. The third kappa shape index (κ3) is 4.53. The van der Waals surface area contributed by atoms with Crippen molar-refractivity contribution in [3.05, 3.63) is 51.6 Å². The van der Waals surface area contributed by atoms with Crippen LogP contribution in [-0.4, -0.2) is 26.4 Å². The number of nitrogens with one attached hydrogen (secondary N) is 2. The Labute approximate surface area is 156 Å². The van der Waals surface area contributed by atoms with Crippen molar-refractivity contribution in [2.24, 2.45) is 0 Å². The van der Waals surface area contributed by atoms with Crippen molar-refractivity contribution in [3.8, 4) is 5.75 Å². The third-order valence-corrected chi connectivity index (χ3v) is 5.37. The molecule has 1 amide bonds. The maximum Gasteiger partial charge on any atom is 0.271 e. The van der Waals surface area contributed by atoms with Crippen LogP contribution < -0.4 is 14.8 Å². The van der Waals surface area contributed by atoms with Gasteiger partial charge in [0.25, 0.3) is 15.7 Å². The van der Waals surface area contributed by atoms with Crippen LogP contribution in [0.5, 0.6) is 5.75 Å². The van der Waals surface area contributed by atoms with Gasteiger partial charge in [0.15, 0.2) is 0 Å². The van der Waals surface area contributed by atoms with Crippen molar-refractivity contribution in [2.75, 3.05) is 17.1 Å². The van der Waals surface area contributed by atoms with Gasteiger partial charge >= 0.3 is 0 Å². The second-order valence-corrected chi connectivity index (χ2v) is 7.50.